The van der Waals surface area contributed by atoms with Crippen LogP contribution in [-0.4, -0.2) is 30.5 Å². The van der Waals surface area contributed by atoms with Gasteiger partial charge in [0.2, 0.25) is 5.91 Å². The Bertz CT molecular complexity index is 654. The van der Waals surface area contributed by atoms with Gasteiger partial charge in [0.25, 0.3) is 0 Å². The second-order valence-corrected chi connectivity index (χ2v) is 5.75. The first kappa shape index (κ1) is 16.8. The SMILES string of the molecule is CC(C(=O)NCCc1c[nH]c2cc(F)ccc12)C1CNC1.Cl. The monoisotopic (exact) mass is 325 g/mol. The third kappa shape index (κ3) is 3.42. The molecule has 1 aliphatic rings. The summed E-state index contributed by atoms with van der Waals surface area (Å²) in [5.41, 5.74) is 1.90. The van der Waals surface area contributed by atoms with Gasteiger partial charge in [-0.1, -0.05) is 6.92 Å². The molecule has 22 heavy (non-hydrogen) atoms. The number of hydrogen-bond donors (Lipinski definition) is 3. The molecule has 0 radical (unpaired) electrons. The summed E-state index contributed by atoms with van der Waals surface area (Å²) in [7, 11) is 0. The Hall–Kier alpha value is -1.59. The zero-order chi connectivity index (χ0) is 14.8. The fraction of sp³-hybridized carbons (Fsp3) is 0.438. The first-order valence-corrected chi connectivity index (χ1v) is 7.39. The van der Waals surface area contributed by atoms with E-state index in [-0.39, 0.29) is 30.0 Å². The Morgan fingerprint density at radius 3 is 2.91 bits per heavy atom. The van der Waals surface area contributed by atoms with Crippen LogP contribution < -0.4 is 10.6 Å². The van der Waals surface area contributed by atoms with Gasteiger partial charge in [-0.15, -0.1) is 12.4 Å². The van der Waals surface area contributed by atoms with Crippen LogP contribution in [0.3, 0.4) is 0 Å². The van der Waals surface area contributed by atoms with Crippen LogP contribution in [0.2, 0.25) is 0 Å². The largest absolute Gasteiger partial charge is 0.361 e. The highest BCUT2D eigenvalue weighted by Crippen LogP contribution is 2.20. The number of carbonyl (C=O) groups excluding carboxylic acids is 1. The molecule has 1 fully saturated rings. The van der Waals surface area contributed by atoms with Gasteiger partial charge >= 0.3 is 0 Å². The molecular weight excluding hydrogens is 305 g/mol. The van der Waals surface area contributed by atoms with E-state index < -0.39 is 0 Å². The third-order valence-electron chi connectivity index (χ3n) is 4.36. The summed E-state index contributed by atoms with van der Waals surface area (Å²) in [5, 5.41) is 7.19. The average molecular weight is 326 g/mol. The molecule has 0 spiro atoms. The summed E-state index contributed by atoms with van der Waals surface area (Å²) in [6.07, 6.45) is 2.63. The van der Waals surface area contributed by atoms with Crippen molar-refractivity contribution in [2.45, 2.75) is 13.3 Å². The van der Waals surface area contributed by atoms with Gasteiger partial charge in [-0.05, 0) is 49.2 Å². The van der Waals surface area contributed by atoms with Gasteiger partial charge in [0.05, 0.1) is 0 Å². The van der Waals surface area contributed by atoms with E-state index in [0.29, 0.717) is 12.5 Å². The standard InChI is InChI=1S/C16H20FN3O.ClH/c1-10(12-7-18-8-12)16(21)19-5-4-11-9-20-15-6-13(17)2-3-14(11)15;/h2-3,6,9-10,12,18,20H,4-5,7-8H2,1H3,(H,19,21);1H. The Labute approximate surface area is 135 Å². The molecule has 1 aromatic carbocycles. The van der Waals surface area contributed by atoms with Crippen LogP contribution in [0.5, 0.6) is 0 Å². The van der Waals surface area contributed by atoms with Crippen LogP contribution in [0.4, 0.5) is 4.39 Å². The first-order valence-electron chi connectivity index (χ1n) is 7.39. The number of aromatic nitrogens is 1. The van der Waals surface area contributed by atoms with E-state index in [2.05, 4.69) is 15.6 Å². The lowest BCUT2D eigenvalue weighted by atomic mass is 9.88. The summed E-state index contributed by atoms with van der Waals surface area (Å²) < 4.78 is 13.1. The number of benzene rings is 1. The number of H-pyrrole nitrogens is 1. The molecule has 0 aliphatic carbocycles. The molecule has 1 amide bonds. The van der Waals surface area contributed by atoms with Gasteiger partial charge in [0, 0.05) is 29.6 Å². The maximum atomic E-state index is 13.1. The van der Waals surface area contributed by atoms with Gasteiger partial charge in [0.15, 0.2) is 0 Å². The van der Waals surface area contributed by atoms with Crippen LogP contribution in [0.25, 0.3) is 10.9 Å². The van der Waals surface area contributed by atoms with E-state index in [0.717, 1.165) is 36.0 Å². The van der Waals surface area contributed by atoms with Crippen molar-refractivity contribution in [1.82, 2.24) is 15.6 Å². The average Bonchev–Trinajstić information content (AvgIpc) is 2.79. The quantitative estimate of drug-likeness (QED) is 0.789. The molecule has 3 rings (SSSR count). The van der Waals surface area contributed by atoms with Gasteiger partial charge in [-0.3, -0.25) is 4.79 Å². The van der Waals surface area contributed by atoms with E-state index in [4.69, 9.17) is 0 Å². The number of aromatic amines is 1. The number of fused-ring (bicyclic) bond motifs is 1. The maximum Gasteiger partial charge on any atom is 0.223 e. The number of nitrogens with one attached hydrogen (secondary N) is 3. The second kappa shape index (κ2) is 7.11. The molecule has 120 valence electrons. The van der Waals surface area contributed by atoms with E-state index >= 15 is 0 Å². The predicted molar refractivity (Wildman–Crippen MR) is 87.7 cm³/mol. The third-order valence-corrected chi connectivity index (χ3v) is 4.36. The van der Waals surface area contributed by atoms with Crippen molar-refractivity contribution in [2.75, 3.05) is 19.6 Å². The Morgan fingerprint density at radius 2 is 2.23 bits per heavy atom. The Morgan fingerprint density at radius 1 is 1.45 bits per heavy atom. The van der Waals surface area contributed by atoms with Crippen molar-refractivity contribution in [3.8, 4) is 0 Å². The van der Waals surface area contributed by atoms with Crippen LogP contribution in [0, 0.1) is 17.7 Å². The molecule has 2 heterocycles. The molecule has 1 aliphatic heterocycles. The van der Waals surface area contributed by atoms with Crippen LogP contribution >= 0.6 is 12.4 Å². The highest BCUT2D eigenvalue weighted by Gasteiger charge is 2.28. The van der Waals surface area contributed by atoms with E-state index in [1.807, 2.05) is 13.1 Å². The summed E-state index contributed by atoms with van der Waals surface area (Å²) in [6.45, 7) is 4.45. The number of carbonyl (C=O) groups is 1. The highest BCUT2D eigenvalue weighted by molar-refractivity contribution is 5.85. The molecule has 3 N–H and O–H groups in total. The van der Waals surface area contributed by atoms with Crippen molar-refractivity contribution in [3.05, 3.63) is 35.8 Å². The minimum absolute atomic E-state index is 0. The van der Waals surface area contributed by atoms with Crippen molar-refractivity contribution in [3.63, 3.8) is 0 Å². The molecule has 1 aromatic heterocycles. The molecule has 0 saturated carbocycles. The molecule has 0 bridgehead atoms. The van der Waals surface area contributed by atoms with Crippen molar-refractivity contribution in [1.29, 1.82) is 0 Å². The lowest BCUT2D eigenvalue weighted by Gasteiger charge is -2.31. The van der Waals surface area contributed by atoms with Crippen molar-refractivity contribution < 1.29 is 9.18 Å². The van der Waals surface area contributed by atoms with Gasteiger partial charge in [-0.25, -0.2) is 4.39 Å². The summed E-state index contributed by atoms with van der Waals surface area (Å²) >= 11 is 0. The number of hydrogen-bond acceptors (Lipinski definition) is 2. The Balaban J connectivity index is 0.00000176. The molecule has 1 atom stereocenters. The molecule has 4 nitrogen and oxygen atoms in total. The van der Waals surface area contributed by atoms with Crippen LogP contribution in [0.1, 0.15) is 12.5 Å². The van der Waals surface area contributed by atoms with E-state index in [1.165, 1.54) is 12.1 Å². The second-order valence-electron chi connectivity index (χ2n) is 5.75. The minimum atomic E-state index is -0.243. The summed E-state index contributed by atoms with van der Waals surface area (Å²) in [6, 6.07) is 4.73. The van der Waals surface area contributed by atoms with Crippen LogP contribution in [-0.2, 0) is 11.2 Å². The molecule has 1 saturated heterocycles. The zero-order valence-electron chi connectivity index (χ0n) is 12.5. The smallest absolute Gasteiger partial charge is 0.223 e. The molecule has 2 aromatic rings. The molecule has 1 unspecified atom stereocenters. The Kier molecular flexibility index (Phi) is 5.42. The minimum Gasteiger partial charge on any atom is -0.361 e. The van der Waals surface area contributed by atoms with E-state index in [1.54, 1.807) is 6.07 Å². The summed E-state index contributed by atoms with van der Waals surface area (Å²) in [5.74, 6) is 0.392. The van der Waals surface area contributed by atoms with Crippen molar-refractivity contribution >= 4 is 29.2 Å². The number of amides is 1. The fourth-order valence-electron chi connectivity index (χ4n) is 2.73. The number of rotatable bonds is 5. The molecule has 6 heteroatoms. The molecular formula is C16H21ClFN3O. The lowest BCUT2D eigenvalue weighted by molar-refractivity contribution is -0.126. The predicted octanol–water partition coefficient (Wildman–Crippen LogP) is 2.24. The van der Waals surface area contributed by atoms with Gasteiger partial charge in [-0.2, -0.15) is 0 Å². The highest BCUT2D eigenvalue weighted by atomic mass is 35.5. The van der Waals surface area contributed by atoms with Gasteiger partial charge in [0.1, 0.15) is 5.82 Å². The van der Waals surface area contributed by atoms with Gasteiger partial charge < -0.3 is 15.6 Å². The summed E-state index contributed by atoms with van der Waals surface area (Å²) in [4.78, 5) is 15.1. The fourth-order valence-corrected chi connectivity index (χ4v) is 2.73. The maximum absolute atomic E-state index is 13.1. The van der Waals surface area contributed by atoms with Crippen molar-refractivity contribution in [2.24, 2.45) is 11.8 Å². The van der Waals surface area contributed by atoms with Crippen LogP contribution in [0.15, 0.2) is 24.4 Å². The zero-order valence-corrected chi connectivity index (χ0v) is 13.3. The lowest BCUT2D eigenvalue weighted by Crippen LogP contribution is -2.49. The first-order chi connectivity index (χ1) is 10.1. The topological polar surface area (TPSA) is 56.9 Å². The van der Waals surface area contributed by atoms with E-state index in [9.17, 15) is 9.18 Å². The number of halogens is 2. The normalized spacial score (nSPS) is 15.9.